The van der Waals surface area contributed by atoms with Crippen LogP contribution in [0.25, 0.3) is 22.3 Å². The maximum atomic E-state index is 3.71. The highest BCUT2D eigenvalue weighted by Crippen LogP contribution is 2.37. The Kier molecular flexibility index (Phi) is 4.00. The molecular weight excluding hydrogens is 327 g/mol. The summed E-state index contributed by atoms with van der Waals surface area (Å²) in [6, 6.07) is 25.2. The topological polar surface area (TPSA) is 0 Å². The van der Waals surface area contributed by atoms with Crippen molar-refractivity contribution in [1.82, 2.24) is 0 Å². The van der Waals surface area contributed by atoms with Gasteiger partial charge in [-0.05, 0) is 28.1 Å². The van der Waals surface area contributed by atoms with Gasteiger partial charge in [0.15, 0.2) is 0 Å². The first-order valence-electron chi connectivity index (χ1n) is 6.46. The minimum absolute atomic E-state index is 1.12. The largest absolute Gasteiger partial charge is 0.105 e. The van der Waals surface area contributed by atoms with Gasteiger partial charge in [-0.15, -0.1) is 9.24 Å². The summed E-state index contributed by atoms with van der Waals surface area (Å²) in [6.45, 7) is 0. The van der Waals surface area contributed by atoms with E-state index in [1.165, 1.54) is 27.6 Å². The van der Waals surface area contributed by atoms with Crippen molar-refractivity contribution in [3.8, 4) is 22.3 Å². The second kappa shape index (κ2) is 5.91. The summed E-state index contributed by atoms with van der Waals surface area (Å²) in [6.07, 6.45) is 0. The van der Waals surface area contributed by atoms with Crippen molar-refractivity contribution in [1.29, 1.82) is 0 Å². The van der Waals surface area contributed by atoms with E-state index in [9.17, 15) is 0 Å². The van der Waals surface area contributed by atoms with E-state index in [1.54, 1.807) is 0 Å². The Morgan fingerprint density at radius 1 is 0.600 bits per heavy atom. The van der Waals surface area contributed by atoms with E-state index in [0.29, 0.717) is 0 Å². The third-order valence-corrected chi connectivity index (χ3v) is 4.45. The summed E-state index contributed by atoms with van der Waals surface area (Å²) in [5.41, 5.74) is 4.96. The van der Waals surface area contributed by atoms with Crippen molar-refractivity contribution in [2.24, 2.45) is 0 Å². The van der Waals surface area contributed by atoms with E-state index in [-0.39, 0.29) is 0 Å². The molecule has 0 saturated carbocycles. The first-order valence-corrected chi connectivity index (χ1v) is 7.83. The van der Waals surface area contributed by atoms with Crippen molar-refractivity contribution in [3.05, 3.63) is 77.3 Å². The average molecular weight is 341 g/mol. The van der Waals surface area contributed by atoms with Gasteiger partial charge in [0.1, 0.15) is 0 Å². The van der Waals surface area contributed by atoms with Crippen LogP contribution in [0.2, 0.25) is 0 Å². The van der Waals surface area contributed by atoms with E-state index in [2.05, 4.69) is 85.8 Å². The first-order chi connectivity index (χ1) is 9.77. The molecule has 20 heavy (non-hydrogen) atoms. The lowest BCUT2D eigenvalue weighted by molar-refractivity contribution is 1.58. The molecule has 0 aliphatic heterocycles. The van der Waals surface area contributed by atoms with Crippen LogP contribution in [0.1, 0.15) is 0 Å². The highest BCUT2D eigenvalue weighted by molar-refractivity contribution is 9.10. The van der Waals surface area contributed by atoms with Crippen LogP contribution in [-0.4, -0.2) is 0 Å². The van der Waals surface area contributed by atoms with Gasteiger partial charge in [0.05, 0.1) is 0 Å². The van der Waals surface area contributed by atoms with Crippen LogP contribution in [-0.2, 0) is 0 Å². The third kappa shape index (κ3) is 2.57. The van der Waals surface area contributed by atoms with Gasteiger partial charge in [-0.25, -0.2) is 0 Å². The standard InChI is InChI=1S/C18H14BrP/c19-15-11-12-16(20)18(14-9-5-2-6-10-14)17(15)13-7-3-1-4-8-13/h1-12H,20H2. The van der Waals surface area contributed by atoms with Crippen LogP contribution < -0.4 is 5.30 Å². The van der Waals surface area contributed by atoms with Gasteiger partial charge in [0, 0.05) is 10.0 Å². The van der Waals surface area contributed by atoms with E-state index >= 15 is 0 Å². The molecule has 2 heteroatoms. The average Bonchev–Trinajstić information content (AvgIpc) is 2.51. The van der Waals surface area contributed by atoms with Crippen LogP contribution in [0.15, 0.2) is 77.3 Å². The molecule has 1 atom stereocenters. The van der Waals surface area contributed by atoms with Crippen molar-refractivity contribution < 1.29 is 0 Å². The molecule has 3 rings (SSSR count). The summed E-state index contributed by atoms with van der Waals surface area (Å²) in [7, 11) is 2.85. The Hall–Kier alpha value is -1.43. The summed E-state index contributed by atoms with van der Waals surface area (Å²) in [5, 5.41) is 1.21. The van der Waals surface area contributed by atoms with E-state index < -0.39 is 0 Å². The zero-order chi connectivity index (χ0) is 13.9. The highest BCUT2D eigenvalue weighted by atomic mass is 79.9. The normalized spacial score (nSPS) is 10.5. The molecule has 0 bridgehead atoms. The predicted octanol–water partition coefficient (Wildman–Crippen LogP) is 5.28. The van der Waals surface area contributed by atoms with Gasteiger partial charge in [-0.3, -0.25) is 0 Å². The monoisotopic (exact) mass is 340 g/mol. The zero-order valence-corrected chi connectivity index (χ0v) is 13.6. The zero-order valence-electron chi connectivity index (χ0n) is 10.9. The molecule has 0 aliphatic carbocycles. The fraction of sp³-hybridized carbons (Fsp3) is 0. The van der Waals surface area contributed by atoms with E-state index in [1.807, 2.05) is 12.1 Å². The lowest BCUT2D eigenvalue weighted by Gasteiger charge is -2.15. The number of hydrogen-bond acceptors (Lipinski definition) is 0. The highest BCUT2D eigenvalue weighted by Gasteiger charge is 2.13. The quantitative estimate of drug-likeness (QED) is 0.556. The van der Waals surface area contributed by atoms with Crippen molar-refractivity contribution >= 4 is 30.5 Å². The molecule has 0 saturated heterocycles. The number of rotatable bonds is 2. The molecule has 0 aliphatic rings. The number of hydrogen-bond donors (Lipinski definition) is 0. The maximum absolute atomic E-state index is 3.71. The summed E-state index contributed by atoms with van der Waals surface area (Å²) >= 11 is 3.71. The molecule has 0 heterocycles. The molecule has 0 spiro atoms. The Balaban J connectivity index is 2.32. The Bertz CT molecular complexity index is 657. The molecular formula is C18H14BrP. The number of halogens is 1. The van der Waals surface area contributed by atoms with Crippen LogP contribution >= 0.6 is 25.2 Å². The lowest BCUT2D eigenvalue weighted by atomic mass is 9.94. The lowest BCUT2D eigenvalue weighted by Crippen LogP contribution is -2.00. The Labute approximate surface area is 130 Å². The van der Waals surface area contributed by atoms with Crippen LogP contribution in [0, 0.1) is 0 Å². The molecule has 0 amide bonds. The molecule has 0 radical (unpaired) electrons. The summed E-state index contributed by atoms with van der Waals surface area (Å²) in [4.78, 5) is 0. The second-order valence-corrected chi connectivity index (χ2v) is 6.10. The van der Waals surface area contributed by atoms with E-state index in [4.69, 9.17) is 0 Å². The fourth-order valence-corrected chi connectivity index (χ4v) is 3.36. The van der Waals surface area contributed by atoms with Crippen LogP contribution in [0.4, 0.5) is 0 Å². The molecule has 0 N–H and O–H groups in total. The molecule has 0 nitrogen and oxygen atoms in total. The van der Waals surface area contributed by atoms with Crippen LogP contribution in [0.3, 0.4) is 0 Å². The minimum Gasteiger partial charge on any atom is -0.105 e. The predicted molar refractivity (Wildman–Crippen MR) is 94.4 cm³/mol. The maximum Gasteiger partial charge on any atom is 0.0260 e. The number of benzene rings is 3. The van der Waals surface area contributed by atoms with Gasteiger partial charge in [0.2, 0.25) is 0 Å². The molecule has 0 fully saturated rings. The van der Waals surface area contributed by atoms with Gasteiger partial charge in [0.25, 0.3) is 0 Å². The van der Waals surface area contributed by atoms with Crippen molar-refractivity contribution in [3.63, 3.8) is 0 Å². The van der Waals surface area contributed by atoms with Gasteiger partial charge in [-0.2, -0.15) is 0 Å². The van der Waals surface area contributed by atoms with Crippen molar-refractivity contribution in [2.45, 2.75) is 0 Å². The second-order valence-electron chi connectivity index (χ2n) is 4.62. The molecule has 3 aromatic rings. The van der Waals surface area contributed by atoms with Gasteiger partial charge >= 0.3 is 0 Å². The van der Waals surface area contributed by atoms with Gasteiger partial charge in [-0.1, -0.05) is 82.7 Å². The molecule has 3 aromatic carbocycles. The molecule has 0 aromatic heterocycles. The van der Waals surface area contributed by atoms with Crippen LogP contribution in [0.5, 0.6) is 0 Å². The van der Waals surface area contributed by atoms with E-state index in [0.717, 1.165) is 4.47 Å². The SMILES string of the molecule is Pc1ccc(Br)c(-c2ccccc2)c1-c1ccccc1. The summed E-state index contributed by atoms with van der Waals surface area (Å²) in [5.74, 6) is 0. The fourth-order valence-electron chi connectivity index (χ4n) is 2.40. The Morgan fingerprint density at radius 2 is 1.10 bits per heavy atom. The smallest absolute Gasteiger partial charge is 0.0260 e. The van der Waals surface area contributed by atoms with Crippen molar-refractivity contribution in [2.75, 3.05) is 0 Å². The third-order valence-electron chi connectivity index (χ3n) is 3.31. The molecule has 98 valence electrons. The Morgan fingerprint density at radius 3 is 1.65 bits per heavy atom. The first kappa shape index (κ1) is 13.5. The summed E-state index contributed by atoms with van der Waals surface area (Å²) < 4.78 is 1.12. The van der Waals surface area contributed by atoms with Gasteiger partial charge < -0.3 is 0 Å². The molecule has 1 unspecified atom stereocenters. The minimum atomic E-state index is 1.12.